The number of benzene rings is 1. The molecule has 0 atom stereocenters. The van der Waals surface area contributed by atoms with Crippen LogP contribution in [0.3, 0.4) is 0 Å². The molecule has 1 aliphatic heterocycles. The molecule has 0 spiro atoms. The first kappa shape index (κ1) is 19.3. The average Bonchev–Trinajstić information content (AvgIpc) is 3.06. The summed E-state index contributed by atoms with van der Waals surface area (Å²) in [4.78, 5) is 20.7. The molecule has 2 aromatic rings. The molecule has 3 rings (SSSR count). The summed E-state index contributed by atoms with van der Waals surface area (Å²) < 4.78 is 26.9. The average molecular weight is 422 g/mol. The van der Waals surface area contributed by atoms with E-state index in [4.69, 9.17) is 23.2 Å². The molecule has 1 N–H and O–H groups in total. The Morgan fingerprint density at radius 2 is 1.81 bits per heavy atom. The van der Waals surface area contributed by atoms with Crippen LogP contribution in [0.2, 0.25) is 10.0 Å². The topological polar surface area (TPSA) is 88.5 Å². The third-order valence-electron chi connectivity index (χ3n) is 3.68. The maximum absolute atomic E-state index is 12.5. The number of amides is 1. The van der Waals surface area contributed by atoms with Crippen LogP contribution in [0.15, 0.2) is 75.9 Å². The van der Waals surface area contributed by atoms with Crippen molar-refractivity contribution in [2.24, 2.45) is 4.99 Å². The summed E-state index contributed by atoms with van der Waals surface area (Å²) in [7, 11) is -4.14. The fourth-order valence-electron chi connectivity index (χ4n) is 2.41. The number of nitrogens with zero attached hydrogens (tertiary/aromatic N) is 2. The van der Waals surface area contributed by atoms with Gasteiger partial charge in [0.2, 0.25) is 0 Å². The van der Waals surface area contributed by atoms with Crippen molar-refractivity contribution in [3.63, 3.8) is 0 Å². The Labute approximate surface area is 166 Å². The molecule has 1 amide bonds. The Bertz CT molecular complexity index is 1120. The second-order valence-electron chi connectivity index (χ2n) is 5.43. The molecule has 1 aromatic heterocycles. The van der Waals surface area contributed by atoms with E-state index in [2.05, 4.69) is 9.98 Å². The summed E-state index contributed by atoms with van der Waals surface area (Å²) in [6, 6.07) is 9.16. The van der Waals surface area contributed by atoms with Gasteiger partial charge >= 0.3 is 0 Å². The van der Waals surface area contributed by atoms with Crippen LogP contribution in [0, 0.1) is 0 Å². The van der Waals surface area contributed by atoms with Gasteiger partial charge in [0, 0.05) is 11.8 Å². The zero-order valence-corrected chi connectivity index (χ0v) is 16.3. The van der Waals surface area contributed by atoms with Crippen LogP contribution in [0.25, 0.3) is 0 Å². The van der Waals surface area contributed by atoms with Crippen LogP contribution in [-0.2, 0) is 14.8 Å². The number of aromatic nitrogens is 1. The van der Waals surface area contributed by atoms with Crippen molar-refractivity contribution in [2.45, 2.75) is 11.8 Å². The Hall–Kier alpha value is -2.48. The fraction of sp³-hybridized carbons (Fsp3) is 0.0556. The predicted molar refractivity (Wildman–Crippen MR) is 104 cm³/mol. The Morgan fingerprint density at radius 3 is 2.48 bits per heavy atom. The Balaban J connectivity index is 1.92. The first-order valence-corrected chi connectivity index (χ1v) is 9.97. The van der Waals surface area contributed by atoms with Crippen LogP contribution < -0.4 is 4.72 Å². The predicted octanol–water partition coefficient (Wildman–Crippen LogP) is 3.53. The lowest BCUT2D eigenvalue weighted by atomic mass is 10.1. The molecule has 0 unspecified atom stereocenters. The molecule has 9 heteroatoms. The quantitative estimate of drug-likeness (QED) is 0.817. The number of sulfonamides is 1. The summed E-state index contributed by atoms with van der Waals surface area (Å²) in [5, 5.41) is 0.381. The molecule has 0 aliphatic carbocycles. The van der Waals surface area contributed by atoms with E-state index in [9.17, 15) is 13.2 Å². The molecule has 1 aliphatic rings. The van der Waals surface area contributed by atoms with E-state index >= 15 is 0 Å². The monoisotopic (exact) mass is 421 g/mol. The van der Waals surface area contributed by atoms with Gasteiger partial charge in [0.15, 0.2) is 0 Å². The second kappa shape index (κ2) is 7.64. The van der Waals surface area contributed by atoms with Gasteiger partial charge in [-0.2, -0.15) is 0 Å². The number of rotatable bonds is 4. The van der Waals surface area contributed by atoms with E-state index < -0.39 is 15.9 Å². The molecular weight excluding hydrogens is 409 g/mol. The summed E-state index contributed by atoms with van der Waals surface area (Å²) in [5.74, 6) is -0.878. The number of aliphatic imine (C=N–C) groups is 1. The van der Waals surface area contributed by atoms with E-state index in [1.807, 2.05) is 4.72 Å². The smallest absolute Gasteiger partial charge is 0.266 e. The van der Waals surface area contributed by atoms with E-state index in [1.54, 1.807) is 37.4 Å². The number of carbonyl (C=O) groups excluding carboxylic acids is 1. The number of pyridine rings is 1. The molecule has 138 valence electrons. The summed E-state index contributed by atoms with van der Waals surface area (Å²) >= 11 is 12.1. The van der Waals surface area contributed by atoms with Crippen molar-refractivity contribution in [3.05, 3.63) is 81.8 Å². The first-order valence-electron chi connectivity index (χ1n) is 7.73. The van der Waals surface area contributed by atoms with Crippen LogP contribution in [0.4, 0.5) is 0 Å². The third-order valence-corrected chi connectivity index (χ3v) is 5.81. The van der Waals surface area contributed by atoms with Crippen LogP contribution in [0.5, 0.6) is 0 Å². The van der Waals surface area contributed by atoms with Crippen molar-refractivity contribution in [2.75, 3.05) is 0 Å². The molecule has 0 fully saturated rings. The molecule has 2 heterocycles. The standard InChI is InChI=1S/C18H13Cl2N3O3S/c1-2-11-10-14(22-16(11)17-13(20)7-5-9-21-17)18(24)23-27(25,26)15-8-4-3-6-12(15)19/h2-10H,1H3,(H,23,24)/b11-2+. The summed E-state index contributed by atoms with van der Waals surface area (Å²) in [5.41, 5.74) is 1.33. The van der Waals surface area contributed by atoms with Crippen molar-refractivity contribution in [3.8, 4) is 0 Å². The zero-order chi connectivity index (χ0) is 19.6. The lowest BCUT2D eigenvalue weighted by Gasteiger charge is -2.07. The minimum atomic E-state index is -4.14. The first-order chi connectivity index (χ1) is 12.8. The third kappa shape index (κ3) is 3.95. The Morgan fingerprint density at radius 1 is 1.11 bits per heavy atom. The van der Waals surface area contributed by atoms with Crippen LogP contribution in [0.1, 0.15) is 12.6 Å². The van der Waals surface area contributed by atoms with E-state index in [1.165, 1.54) is 24.3 Å². The highest BCUT2D eigenvalue weighted by Crippen LogP contribution is 2.26. The number of halogens is 2. The van der Waals surface area contributed by atoms with Crippen molar-refractivity contribution in [1.29, 1.82) is 0 Å². The molecular formula is C18H13Cl2N3O3S. The highest BCUT2D eigenvalue weighted by atomic mass is 35.5. The van der Waals surface area contributed by atoms with Gasteiger partial charge < -0.3 is 0 Å². The molecule has 0 saturated heterocycles. The molecule has 1 aromatic carbocycles. The van der Waals surface area contributed by atoms with Gasteiger partial charge in [0.1, 0.15) is 16.3 Å². The zero-order valence-electron chi connectivity index (χ0n) is 14.0. The number of nitrogens with one attached hydrogen (secondary N) is 1. The Kier molecular flexibility index (Phi) is 5.46. The van der Waals surface area contributed by atoms with Gasteiger partial charge in [0.05, 0.1) is 15.8 Å². The maximum atomic E-state index is 12.5. The van der Waals surface area contributed by atoms with E-state index in [0.29, 0.717) is 22.0 Å². The number of hydrogen-bond donors (Lipinski definition) is 1. The highest BCUT2D eigenvalue weighted by Gasteiger charge is 2.27. The molecule has 0 radical (unpaired) electrons. The SMILES string of the molecule is C/C=C1\C=C(C(=O)NS(=O)(=O)c2ccccc2Cl)N=C1c1ncccc1Cl. The van der Waals surface area contributed by atoms with Crippen molar-refractivity contribution in [1.82, 2.24) is 9.71 Å². The van der Waals surface area contributed by atoms with Gasteiger partial charge in [-0.1, -0.05) is 41.4 Å². The van der Waals surface area contributed by atoms with Gasteiger partial charge in [-0.15, -0.1) is 0 Å². The molecule has 0 bridgehead atoms. The summed E-state index contributed by atoms with van der Waals surface area (Å²) in [6.07, 6.45) is 4.75. The fourth-order valence-corrected chi connectivity index (χ4v) is 4.10. The molecule has 27 heavy (non-hydrogen) atoms. The maximum Gasteiger partial charge on any atom is 0.283 e. The molecule has 0 saturated carbocycles. The van der Waals surface area contributed by atoms with Gasteiger partial charge in [-0.05, 0) is 37.3 Å². The van der Waals surface area contributed by atoms with E-state index in [0.717, 1.165) is 0 Å². The van der Waals surface area contributed by atoms with Crippen LogP contribution >= 0.6 is 23.2 Å². The van der Waals surface area contributed by atoms with Crippen LogP contribution in [-0.4, -0.2) is 25.0 Å². The number of carbonyl (C=O) groups is 1. The second-order valence-corrected chi connectivity index (χ2v) is 7.90. The largest absolute Gasteiger partial charge is 0.283 e. The summed E-state index contributed by atoms with van der Waals surface area (Å²) in [6.45, 7) is 1.76. The van der Waals surface area contributed by atoms with Gasteiger partial charge in [-0.3, -0.25) is 9.78 Å². The van der Waals surface area contributed by atoms with E-state index in [-0.39, 0.29) is 15.6 Å². The number of allylic oxidation sites excluding steroid dienone is 3. The lowest BCUT2D eigenvalue weighted by molar-refractivity contribution is -0.115. The van der Waals surface area contributed by atoms with Crippen molar-refractivity contribution >= 4 is 44.8 Å². The normalized spacial score (nSPS) is 15.4. The minimum Gasteiger partial charge on any atom is -0.266 e. The lowest BCUT2D eigenvalue weighted by Crippen LogP contribution is -2.31. The minimum absolute atomic E-state index is 0.0109. The highest BCUT2D eigenvalue weighted by molar-refractivity contribution is 7.90. The molecule has 6 nitrogen and oxygen atoms in total. The van der Waals surface area contributed by atoms with Crippen molar-refractivity contribution < 1.29 is 13.2 Å². The van der Waals surface area contributed by atoms with Gasteiger partial charge in [0.25, 0.3) is 15.9 Å². The van der Waals surface area contributed by atoms with Gasteiger partial charge in [-0.25, -0.2) is 18.1 Å². The number of hydrogen-bond acceptors (Lipinski definition) is 5.